The summed E-state index contributed by atoms with van der Waals surface area (Å²) in [6, 6.07) is 0.209. The van der Waals surface area contributed by atoms with Crippen LogP contribution >= 0.6 is 24.2 Å². The van der Waals surface area contributed by atoms with E-state index in [1.165, 1.54) is 0 Å². The van der Waals surface area contributed by atoms with E-state index < -0.39 is 0 Å². The second kappa shape index (κ2) is 8.79. The molecule has 1 aliphatic rings. The van der Waals surface area contributed by atoms with Crippen LogP contribution in [0.5, 0.6) is 0 Å². The molecule has 1 amide bonds. The van der Waals surface area contributed by atoms with E-state index in [1.54, 1.807) is 11.8 Å². The molecular weight excluding hydrogens is 322 g/mol. The topological polar surface area (TPSA) is 72.4 Å². The van der Waals surface area contributed by atoms with Crippen LogP contribution in [-0.2, 0) is 10.5 Å². The van der Waals surface area contributed by atoms with Gasteiger partial charge in [0.1, 0.15) is 5.76 Å². The number of hydrogen-bond donors (Lipinski definition) is 1. The van der Waals surface area contributed by atoms with Gasteiger partial charge in [0.15, 0.2) is 0 Å². The highest BCUT2D eigenvalue weighted by atomic mass is 35.5. The first-order valence-corrected chi connectivity index (χ1v) is 8.67. The Kier molecular flexibility index (Phi) is 7.72. The van der Waals surface area contributed by atoms with Crippen LogP contribution in [0, 0.1) is 19.8 Å². The third-order valence-corrected chi connectivity index (χ3v) is 5.17. The van der Waals surface area contributed by atoms with Crippen molar-refractivity contribution in [1.82, 2.24) is 10.1 Å². The Morgan fingerprint density at radius 1 is 1.50 bits per heavy atom. The Hall–Kier alpha value is -0.720. The number of nitrogens with zero attached hydrogens (tertiary/aromatic N) is 2. The Bertz CT molecular complexity index is 476. The zero-order valence-corrected chi connectivity index (χ0v) is 15.1. The van der Waals surface area contributed by atoms with Crippen LogP contribution in [0.2, 0.25) is 0 Å². The maximum Gasteiger partial charge on any atom is 0.232 e. The van der Waals surface area contributed by atoms with Crippen LogP contribution in [0.3, 0.4) is 0 Å². The molecule has 1 aliphatic heterocycles. The van der Waals surface area contributed by atoms with Gasteiger partial charge < -0.3 is 15.2 Å². The molecule has 2 heterocycles. The molecule has 0 spiro atoms. The Labute approximate surface area is 142 Å². The maximum atomic E-state index is 12.4. The summed E-state index contributed by atoms with van der Waals surface area (Å²) in [5, 5.41) is 3.94. The molecule has 0 aromatic carbocycles. The van der Waals surface area contributed by atoms with Gasteiger partial charge in [-0.2, -0.15) is 0 Å². The van der Waals surface area contributed by atoms with Gasteiger partial charge in [-0.05, 0) is 32.6 Å². The number of rotatable bonds is 5. The number of thioether (sulfide) groups is 1. The summed E-state index contributed by atoms with van der Waals surface area (Å²) in [6.45, 7) is 7.48. The predicted molar refractivity (Wildman–Crippen MR) is 92.3 cm³/mol. The summed E-state index contributed by atoms with van der Waals surface area (Å²) in [7, 11) is 0. The van der Waals surface area contributed by atoms with Crippen LogP contribution in [0.4, 0.5) is 0 Å². The van der Waals surface area contributed by atoms with E-state index >= 15 is 0 Å². The normalized spacial score (nSPS) is 21.5. The highest BCUT2D eigenvalue weighted by Gasteiger charge is 2.28. The largest absolute Gasteiger partial charge is 0.361 e. The summed E-state index contributed by atoms with van der Waals surface area (Å²) >= 11 is 1.62. The third kappa shape index (κ3) is 4.64. The van der Waals surface area contributed by atoms with E-state index in [1.807, 2.05) is 18.7 Å². The van der Waals surface area contributed by atoms with E-state index in [-0.39, 0.29) is 24.4 Å². The summed E-state index contributed by atoms with van der Waals surface area (Å²) in [5.41, 5.74) is 7.84. The zero-order chi connectivity index (χ0) is 15.4. The lowest BCUT2D eigenvalue weighted by Gasteiger charge is -2.38. The minimum Gasteiger partial charge on any atom is -0.361 e. The summed E-state index contributed by atoms with van der Waals surface area (Å²) in [5.74, 6) is 2.98. The minimum atomic E-state index is 0. The lowest BCUT2D eigenvalue weighted by molar-refractivity contribution is -0.132. The van der Waals surface area contributed by atoms with Crippen molar-refractivity contribution in [3.63, 3.8) is 0 Å². The lowest BCUT2D eigenvalue weighted by Crippen LogP contribution is -2.49. The van der Waals surface area contributed by atoms with Gasteiger partial charge in [-0.1, -0.05) is 12.1 Å². The molecule has 1 aromatic heterocycles. The summed E-state index contributed by atoms with van der Waals surface area (Å²) in [6.07, 6.45) is 2.10. The second-order valence-corrected chi connectivity index (χ2v) is 6.89. The molecule has 2 N–H and O–H groups in total. The zero-order valence-electron chi connectivity index (χ0n) is 13.5. The number of nitrogens with two attached hydrogens (primary N) is 1. The second-order valence-electron chi connectivity index (χ2n) is 5.90. The average Bonchev–Trinajstić information content (AvgIpc) is 2.78. The fraction of sp³-hybridized carbons (Fsp3) is 0.733. The number of carbonyl (C=O) groups excluding carboxylic acids is 1. The van der Waals surface area contributed by atoms with Crippen molar-refractivity contribution in [2.24, 2.45) is 11.7 Å². The number of aryl methyl sites for hydroxylation is 2. The molecule has 2 atom stereocenters. The van der Waals surface area contributed by atoms with Crippen molar-refractivity contribution in [3.05, 3.63) is 17.0 Å². The fourth-order valence-electron chi connectivity index (χ4n) is 2.83. The SMILES string of the molecule is Cc1noc(C)c1CSCC(=O)N1CCC(C)CC1CN.Cl. The number of hydrogen-bond acceptors (Lipinski definition) is 5. The molecule has 2 rings (SSSR count). The van der Waals surface area contributed by atoms with Crippen molar-refractivity contribution in [2.75, 3.05) is 18.8 Å². The number of amides is 1. The van der Waals surface area contributed by atoms with Crippen molar-refractivity contribution in [3.8, 4) is 0 Å². The highest BCUT2D eigenvalue weighted by Crippen LogP contribution is 2.24. The van der Waals surface area contributed by atoms with Crippen molar-refractivity contribution < 1.29 is 9.32 Å². The van der Waals surface area contributed by atoms with Gasteiger partial charge in [0.05, 0.1) is 11.4 Å². The van der Waals surface area contributed by atoms with Crippen LogP contribution in [0.1, 0.15) is 36.8 Å². The molecule has 0 aliphatic carbocycles. The minimum absolute atomic E-state index is 0. The third-order valence-electron chi connectivity index (χ3n) is 4.22. The van der Waals surface area contributed by atoms with E-state index in [9.17, 15) is 4.79 Å². The van der Waals surface area contributed by atoms with Gasteiger partial charge in [-0.3, -0.25) is 4.79 Å². The summed E-state index contributed by atoms with van der Waals surface area (Å²) < 4.78 is 5.14. The predicted octanol–water partition coefficient (Wildman–Crippen LogP) is 2.53. The van der Waals surface area contributed by atoms with Crippen LogP contribution < -0.4 is 5.73 Å². The number of carbonyl (C=O) groups is 1. The maximum absolute atomic E-state index is 12.4. The van der Waals surface area contributed by atoms with Crippen molar-refractivity contribution in [1.29, 1.82) is 0 Å². The first-order chi connectivity index (χ1) is 10.0. The lowest BCUT2D eigenvalue weighted by atomic mass is 9.92. The van der Waals surface area contributed by atoms with Gasteiger partial charge >= 0.3 is 0 Å². The Morgan fingerprint density at radius 2 is 2.23 bits per heavy atom. The van der Waals surface area contributed by atoms with E-state index in [2.05, 4.69) is 12.1 Å². The highest BCUT2D eigenvalue weighted by molar-refractivity contribution is 7.99. The molecular formula is C15H26ClN3O2S. The Balaban J connectivity index is 0.00000242. The Morgan fingerprint density at radius 3 is 2.82 bits per heavy atom. The number of halogens is 1. The van der Waals surface area contributed by atoms with Crippen molar-refractivity contribution in [2.45, 2.75) is 45.4 Å². The smallest absolute Gasteiger partial charge is 0.232 e. The average molecular weight is 348 g/mol. The fourth-order valence-corrected chi connectivity index (χ4v) is 3.89. The molecule has 1 fully saturated rings. The van der Waals surface area contributed by atoms with E-state index in [0.29, 0.717) is 18.2 Å². The van der Waals surface area contributed by atoms with Gasteiger partial charge in [-0.15, -0.1) is 24.2 Å². The molecule has 0 bridgehead atoms. The standard InChI is InChI=1S/C15H25N3O2S.ClH/c1-10-4-5-18(13(6-10)7-16)15(19)9-21-8-14-11(2)17-20-12(14)3;/h10,13H,4-9,16H2,1-3H3;1H. The number of piperidine rings is 1. The molecule has 1 aromatic rings. The molecule has 1 saturated heterocycles. The molecule has 22 heavy (non-hydrogen) atoms. The van der Waals surface area contributed by atoms with E-state index in [4.69, 9.17) is 10.3 Å². The molecule has 0 radical (unpaired) electrons. The van der Waals surface area contributed by atoms with Gasteiger partial charge in [0.25, 0.3) is 0 Å². The molecule has 2 unspecified atom stereocenters. The molecule has 126 valence electrons. The first-order valence-electron chi connectivity index (χ1n) is 7.52. The van der Waals surface area contributed by atoms with E-state index in [0.717, 1.165) is 42.2 Å². The number of likely N-dealkylation sites (tertiary alicyclic amines) is 1. The molecule has 5 nitrogen and oxygen atoms in total. The van der Waals surface area contributed by atoms with Crippen molar-refractivity contribution >= 4 is 30.1 Å². The van der Waals surface area contributed by atoms with Crippen LogP contribution in [0.25, 0.3) is 0 Å². The summed E-state index contributed by atoms with van der Waals surface area (Å²) in [4.78, 5) is 14.4. The van der Waals surface area contributed by atoms with Gasteiger partial charge in [-0.25, -0.2) is 0 Å². The van der Waals surface area contributed by atoms with Gasteiger partial charge in [0.2, 0.25) is 5.91 Å². The van der Waals surface area contributed by atoms with Crippen LogP contribution in [0.15, 0.2) is 4.52 Å². The monoisotopic (exact) mass is 347 g/mol. The quantitative estimate of drug-likeness (QED) is 0.886. The van der Waals surface area contributed by atoms with Crippen LogP contribution in [-0.4, -0.2) is 40.8 Å². The molecule has 7 heteroatoms. The first kappa shape index (κ1) is 19.3. The number of aromatic nitrogens is 1. The molecule has 0 saturated carbocycles. The van der Waals surface area contributed by atoms with Gasteiger partial charge in [0, 0.05) is 30.4 Å².